The van der Waals surface area contributed by atoms with Gasteiger partial charge in [-0.05, 0) is 6.42 Å². The number of nitrogens with zero attached hydrogens (tertiary/aromatic N) is 2. The van der Waals surface area contributed by atoms with Gasteiger partial charge in [0.1, 0.15) is 5.03 Å². The highest BCUT2D eigenvalue weighted by molar-refractivity contribution is 7.99. The highest BCUT2D eigenvalue weighted by Crippen LogP contribution is 2.13. The summed E-state index contributed by atoms with van der Waals surface area (Å²) >= 11 is 1.62. The number of aromatic nitrogens is 2. The average molecular weight is 273 g/mol. The normalized spacial score (nSPS) is 22.7. The molecule has 1 aliphatic heterocycles. The lowest BCUT2D eigenvalue weighted by Gasteiger charge is -2.09. The number of nitrogens with one attached hydrogen (secondary N) is 1. The minimum atomic E-state index is -2.78. The van der Waals surface area contributed by atoms with E-state index in [-0.39, 0.29) is 11.8 Å². The summed E-state index contributed by atoms with van der Waals surface area (Å²) in [6.07, 6.45) is 5.77. The zero-order chi connectivity index (χ0) is 12.1. The van der Waals surface area contributed by atoms with Crippen molar-refractivity contribution >= 4 is 21.6 Å². The number of rotatable bonds is 5. The van der Waals surface area contributed by atoms with Crippen LogP contribution >= 0.6 is 11.8 Å². The molecule has 1 aliphatic rings. The SMILES string of the molecule is O=S1(=O)CCC(NCCSc2cnccn2)C1. The fourth-order valence-corrected chi connectivity index (χ4v) is 4.14. The Morgan fingerprint density at radius 2 is 2.35 bits per heavy atom. The van der Waals surface area contributed by atoms with Gasteiger partial charge in [-0.3, -0.25) is 4.98 Å². The van der Waals surface area contributed by atoms with Crippen molar-refractivity contribution in [2.24, 2.45) is 0 Å². The third kappa shape index (κ3) is 4.25. The molecule has 0 amide bonds. The van der Waals surface area contributed by atoms with Crippen LogP contribution in [0, 0.1) is 0 Å². The van der Waals surface area contributed by atoms with Gasteiger partial charge in [-0.15, -0.1) is 11.8 Å². The van der Waals surface area contributed by atoms with Crippen molar-refractivity contribution in [2.45, 2.75) is 17.5 Å². The maximum Gasteiger partial charge on any atom is 0.151 e. The molecule has 1 unspecified atom stereocenters. The molecular weight excluding hydrogens is 258 g/mol. The predicted octanol–water partition coefficient (Wildman–Crippen LogP) is 0.345. The van der Waals surface area contributed by atoms with Crippen LogP contribution in [0.2, 0.25) is 0 Å². The van der Waals surface area contributed by atoms with Gasteiger partial charge in [-0.1, -0.05) is 0 Å². The minimum Gasteiger partial charge on any atom is -0.312 e. The lowest BCUT2D eigenvalue weighted by Crippen LogP contribution is -2.31. The number of hydrogen-bond donors (Lipinski definition) is 1. The largest absolute Gasteiger partial charge is 0.312 e. The molecule has 1 fully saturated rings. The topological polar surface area (TPSA) is 72.0 Å². The van der Waals surface area contributed by atoms with Crippen molar-refractivity contribution in [1.82, 2.24) is 15.3 Å². The van der Waals surface area contributed by atoms with E-state index in [0.717, 1.165) is 23.7 Å². The molecule has 7 heteroatoms. The van der Waals surface area contributed by atoms with Gasteiger partial charge >= 0.3 is 0 Å². The highest BCUT2D eigenvalue weighted by Gasteiger charge is 2.26. The molecule has 17 heavy (non-hydrogen) atoms. The zero-order valence-corrected chi connectivity index (χ0v) is 11.0. The summed E-state index contributed by atoms with van der Waals surface area (Å²) in [6.45, 7) is 0.793. The van der Waals surface area contributed by atoms with E-state index in [1.54, 1.807) is 30.4 Å². The molecule has 1 saturated heterocycles. The Bertz CT molecular complexity index is 450. The van der Waals surface area contributed by atoms with Crippen molar-refractivity contribution in [3.05, 3.63) is 18.6 Å². The van der Waals surface area contributed by atoms with Crippen LogP contribution in [0.3, 0.4) is 0 Å². The first-order chi connectivity index (χ1) is 8.16. The van der Waals surface area contributed by atoms with E-state index in [4.69, 9.17) is 0 Å². The summed E-state index contributed by atoms with van der Waals surface area (Å²) in [5.74, 6) is 1.47. The molecule has 1 aromatic rings. The van der Waals surface area contributed by atoms with E-state index in [1.807, 2.05) is 0 Å². The van der Waals surface area contributed by atoms with Crippen LogP contribution in [0.25, 0.3) is 0 Å². The maximum atomic E-state index is 11.2. The zero-order valence-electron chi connectivity index (χ0n) is 9.37. The minimum absolute atomic E-state index is 0.127. The summed E-state index contributed by atoms with van der Waals surface area (Å²) in [7, 11) is -2.78. The van der Waals surface area contributed by atoms with Gasteiger partial charge in [0.15, 0.2) is 9.84 Å². The second-order valence-corrected chi connectivity index (χ2v) is 7.29. The second kappa shape index (κ2) is 5.79. The molecule has 5 nitrogen and oxygen atoms in total. The van der Waals surface area contributed by atoms with E-state index < -0.39 is 9.84 Å². The van der Waals surface area contributed by atoms with E-state index in [1.165, 1.54) is 0 Å². The Kier molecular flexibility index (Phi) is 4.36. The Morgan fingerprint density at radius 1 is 1.47 bits per heavy atom. The third-order valence-corrected chi connectivity index (χ3v) is 5.24. The molecule has 0 spiro atoms. The lowest BCUT2D eigenvalue weighted by molar-refractivity contribution is 0.574. The van der Waals surface area contributed by atoms with Crippen molar-refractivity contribution < 1.29 is 8.42 Å². The molecule has 94 valence electrons. The van der Waals surface area contributed by atoms with Gasteiger partial charge in [0, 0.05) is 30.7 Å². The van der Waals surface area contributed by atoms with Crippen LogP contribution in [0.5, 0.6) is 0 Å². The van der Waals surface area contributed by atoms with E-state index in [0.29, 0.717) is 5.75 Å². The summed E-state index contributed by atoms with van der Waals surface area (Å²) in [4.78, 5) is 8.12. The number of thioether (sulfide) groups is 1. The van der Waals surface area contributed by atoms with Crippen molar-refractivity contribution in [3.8, 4) is 0 Å². The summed E-state index contributed by atoms with van der Waals surface area (Å²) in [5.41, 5.74) is 0. The van der Waals surface area contributed by atoms with Crippen molar-refractivity contribution in [1.29, 1.82) is 0 Å². The molecule has 1 atom stereocenters. The Morgan fingerprint density at radius 3 is 3.00 bits per heavy atom. The lowest BCUT2D eigenvalue weighted by atomic mass is 10.3. The molecule has 0 bridgehead atoms. The van der Waals surface area contributed by atoms with Crippen LogP contribution in [-0.2, 0) is 9.84 Å². The van der Waals surface area contributed by atoms with Crippen LogP contribution in [0.1, 0.15) is 6.42 Å². The molecule has 0 saturated carbocycles. The van der Waals surface area contributed by atoms with Gasteiger partial charge in [0.05, 0.1) is 17.7 Å². The van der Waals surface area contributed by atoms with Gasteiger partial charge in [0.2, 0.25) is 0 Å². The first kappa shape index (κ1) is 12.8. The van der Waals surface area contributed by atoms with E-state index in [2.05, 4.69) is 15.3 Å². The maximum absolute atomic E-state index is 11.2. The second-order valence-electron chi connectivity index (χ2n) is 3.95. The predicted molar refractivity (Wildman–Crippen MR) is 67.8 cm³/mol. The molecule has 0 aliphatic carbocycles. The molecule has 2 rings (SSSR count). The van der Waals surface area contributed by atoms with Crippen LogP contribution < -0.4 is 5.32 Å². The monoisotopic (exact) mass is 273 g/mol. The number of hydrogen-bond acceptors (Lipinski definition) is 6. The Balaban J connectivity index is 1.64. The average Bonchev–Trinajstić information content (AvgIpc) is 2.66. The fraction of sp³-hybridized carbons (Fsp3) is 0.600. The van der Waals surface area contributed by atoms with Crippen molar-refractivity contribution in [2.75, 3.05) is 23.8 Å². The third-order valence-electron chi connectivity index (χ3n) is 2.56. The molecule has 1 N–H and O–H groups in total. The van der Waals surface area contributed by atoms with Crippen molar-refractivity contribution in [3.63, 3.8) is 0 Å². The number of sulfone groups is 1. The van der Waals surface area contributed by atoms with E-state index >= 15 is 0 Å². The first-order valence-corrected chi connectivity index (χ1v) is 8.29. The first-order valence-electron chi connectivity index (χ1n) is 5.48. The van der Waals surface area contributed by atoms with Crippen LogP contribution in [0.4, 0.5) is 0 Å². The summed E-state index contributed by atoms with van der Waals surface area (Å²) < 4.78 is 22.5. The standard InChI is InChI=1S/C10H15N3O2S2/c14-17(15)6-1-9(8-17)12-4-5-16-10-7-11-2-3-13-10/h2-3,7,9,12H,1,4-6,8H2. The van der Waals surface area contributed by atoms with Gasteiger partial charge in [0.25, 0.3) is 0 Å². The molecule has 0 aromatic carbocycles. The molecule has 0 radical (unpaired) electrons. The smallest absolute Gasteiger partial charge is 0.151 e. The summed E-state index contributed by atoms with van der Waals surface area (Å²) in [6, 6.07) is 0.127. The van der Waals surface area contributed by atoms with E-state index in [9.17, 15) is 8.42 Å². The molecule has 1 aromatic heterocycles. The summed E-state index contributed by atoms with van der Waals surface area (Å²) in [5, 5.41) is 4.16. The quantitative estimate of drug-likeness (QED) is 0.616. The van der Waals surface area contributed by atoms with Gasteiger partial charge in [-0.2, -0.15) is 0 Å². The molecule has 2 heterocycles. The Labute approximate surface area is 105 Å². The fourth-order valence-electron chi connectivity index (χ4n) is 1.73. The van der Waals surface area contributed by atoms with Crippen LogP contribution in [0.15, 0.2) is 23.6 Å². The van der Waals surface area contributed by atoms with Gasteiger partial charge in [-0.25, -0.2) is 13.4 Å². The highest BCUT2D eigenvalue weighted by atomic mass is 32.2. The van der Waals surface area contributed by atoms with Crippen LogP contribution in [-0.4, -0.2) is 48.2 Å². The Hall–Kier alpha value is -0.660. The van der Waals surface area contributed by atoms with Gasteiger partial charge < -0.3 is 5.32 Å². The molecular formula is C10H15N3O2S2.